The maximum atomic E-state index is 14.3. The average Bonchev–Trinajstić information content (AvgIpc) is 3.41. The molecule has 1 saturated heterocycles. The van der Waals surface area contributed by atoms with E-state index in [1.54, 1.807) is 29.7 Å². The Morgan fingerprint density at radius 1 is 1.15 bits per heavy atom. The van der Waals surface area contributed by atoms with Crippen LogP contribution in [-0.4, -0.2) is 56.4 Å². The molecule has 0 amide bonds. The minimum Gasteiger partial charge on any atom is -0.494 e. The molecule has 4 aromatic rings. The topological polar surface area (TPSA) is 81.6 Å². The third-order valence-electron chi connectivity index (χ3n) is 6.67. The van der Waals surface area contributed by atoms with Gasteiger partial charge in [0.25, 0.3) is 0 Å². The number of pyridine rings is 2. The summed E-state index contributed by atoms with van der Waals surface area (Å²) in [5, 5.41) is 9.24. The highest BCUT2D eigenvalue weighted by Gasteiger charge is 2.49. The van der Waals surface area contributed by atoms with Crippen molar-refractivity contribution < 1.29 is 17.9 Å². The van der Waals surface area contributed by atoms with Crippen molar-refractivity contribution in [2.75, 3.05) is 20.2 Å². The second-order valence-electron chi connectivity index (χ2n) is 8.82. The molecule has 0 radical (unpaired) electrons. The number of fused-ring (bicyclic) bond motifs is 2. The lowest BCUT2D eigenvalue weighted by molar-refractivity contribution is -0.184. The van der Waals surface area contributed by atoms with E-state index in [-0.39, 0.29) is 18.7 Å². The van der Waals surface area contributed by atoms with Gasteiger partial charge in [-0.15, -0.1) is 10.2 Å². The molecule has 0 aliphatic carbocycles. The largest absolute Gasteiger partial charge is 0.494 e. The quantitative estimate of drug-likeness (QED) is 0.467. The molecule has 3 aromatic heterocycles. The Morgan fingerprint density at radius 2 is 1.97 bits per heavy atom. The number of likely N-dealkylation sites (tertiary alicyclic amines) is 1. The summed E-state index contributed by atoms with van der Waals surface area (Å²) >= 11 is 0. The van der Waals surface area contributed by atoms with Crippen molar-refractivity contribution in [3.05, 3.63) is 54.2 Å². The Morgan fingerprint density at radius 3 is 2.68 bits per heavy atom. The lowest BCUT2D eigenvalue weighted by atomic mass is 9.97. The van der Waals surface area contributed by atoms with Gasteiger partial charge < -0.3 is 10.5 Å². The number of alkyl halides is 3. The molecule has 4 heterocycles. The van der Waals surface area contributed by atoms with Crippen LogP contribution in [0.15, 0.2) is 48.7 Å². The zero-order valence-electron chi connectivity index (χ0n) is 18.9. The first-order valence-electron chi connectivity index (χ1n) is 11.1. The van der Waals surface area contributed by atoms with E-state index >= 15 is 0 Å². The summed E-state index contributed by atoms with van der Waals surface area (Å²) in [5.74, 6) is 0.954. The van der Waals surface area contributed by atoms with Crippen LogP contribution in [0.4, 0.5) is 13.2 Å². The van der Waals surface area contributed by atoms with Gasteiger partial charge in [-0.05, 0) is 36.6 Å². The number of para-hydroxylation sites is 1. The van der Waals surface area contributed by atoms with Crippen molar-refractivity contribution in [2.24, 2.45) is 5.73 Å². The predicted molar refractivity (Wildman–Crippen MR) is 122 cm³/mol. The van der Waals surface area contributed by atoms with Crippen LogP contribution in [0.1, 0.15) is 31.4 Å². The molecule has 1 fully saturated rings. The zero-order valence-corrected chi connectivity index (χ0v) is 18.9. The maximum absolute atomic E-state index is 14.3. The Hall–Kier alpha value is -3.24. The zero-order chi connectivity index (χ0) is 24.1. The number of hydrogen-bond donors (Lipinski definition) is 1. The van der Waals surface area contributed by atoms with Gasteiger partial charge in [-0.1, -0.05) is 31.2 Å². The van der Waals surface area contributed by atoms with E-state index in [9.17, 15) is 13.2 Å². The van der Waals surface area contributed by atoms with E-state index in [1.807, 2.05) is 25.1 Å². The molecule has 1 aromatic carbocycles. The minimum atomic E-state index is -4.46. The third-order valence-corrected chi connectivity index (χ3v) is 6.67. The molecule has 10 heteroatoms. The Balaban J connectivity index is 1.60. The third kappa shape index (κ3) is 3.86. The van der Waals surface area contributed by atoms with Crippen molar-refractivity contribution in [3.63, 3.8) is 0 Å². The Kier molecular flexibility index (Phi) is 5.44. The number of nitrogens with two attached hydrogens (primary N) is 1. The van der Waals surface area contributed by atoms with Gasteiger partial charge in [0.15, 0.2) is 11.5 Å². The first kappa shape index (κ1) is 22.5. The molecule has 2 N–H and O–H groups in total. The first-order valence-corrected chi connectivity index (χ1v) is 11.1. The smallest absolute Gasteiger partial charge is 0.408 e. The molecule has 7 nitrogen and oxygen atoms in total. The Bertz CT molecular complexity index is 1350. The molecule has 0 saturated carbocycles. The summed E-state index contributed by atoms with van der Waals surface area (Å²) in [4.78, 5) is 6.10. The van der Waals surface area contributed by atoms with Gasteiger partial charge in [-0.25, -0.2) is 4.98 Å². The molecular weight excluding hydrogens is 445 g/mol. The number of aromatic nitrogens is 4. The number of benzene rings is 1. The highest BCUT2D eigenvalue weighted by Crippen LogP contribution is 2.41. The van der Waals surface area contributed by atoms with E-state index in [0.717, 1.165) is 5.39 Å². The fraction of sp³-hybridized carbons (Fsp3) is 0.375. The van der Waals surface area contributed by atoms with Crippen LogP contribution in [0.25, 0.3) is 28.1 Å². The van der Waals surface area contributed by atoms with Crippen molar-refractivity contribution in [1.29, 1.82) is 0 Å². The van der Waals surface area contributed by atoms with Gasteiger partial charge in [0.2, 0.25) is 0 Å². The number of ether oxygens (including phenoxy) is 1. The molecule has 178 valence electrons. The van der Waals surface area contributed by atoms with Gasteiger partial charge in [-0.3, -0.25) is 9.30 Å². The minimum absolute atomic E-state index is 0.111. The van der Waals surface area contributed by atoms with Crippen molar-refractivity contribution in [1.82, 2.24) is 24.5 Å². The molecule has 2 atom stereocenters. The van der Waals surface area contributed by atoms with E-state index in [2.05, 4.69) is 15.2 Å². The van der Waals surface area contributed by atoms with Gasteiger partial charge in [0.05, 0.1) is 7.11 Å². The summed E-state index contributed by atoms with van der Waals surface area (Å²) < 4.78 is 49.8. The highest BCUT2D eigenvalue weighted by atomic mass is 19.4. The normalized spacial score (nSPS) is 20.3. The van der Waals surface area contributed by atoms with Crippen molar-refractivity contribution in [3.8, 4) is 17.3 Å². The van der Waals surface area contributed by atoms with Crippen LogP contribution in [-0.2, 0) is 0 Å². The number of rotatable bonds is 5. The second kappa shape index (κ2) is 8.21. The van der Waals surface area contributed by atoms with E-state index in [4.69, 9.17) is 10.5 Å². The molecule has 0 spiro atoms. The van der Waals surface area contributed by atoms with E-state index in [1.165, 1.54) is 17.2 Å². The Labute approximate surface area is 194 Å². The molecule has 1 aliphatic rings. The van der Waals surface area contributed by atoms with Gasteiger partial charge in [0.1, 0.15) is 23.0 Å². The maximum Gasteiger partial charge on any atom is 0.408 e. The summed E-state index contributed by atoms with van der Waals surface area (Å²) in [6.07, 6.45) is -1.85. The molecule has 34 heavy (non-hydrogen) atoms. The van der Waals surface area contributed by atoms with Crippen molar-refractivity contribution in [2.45, 2.75) is 37.5 Å². The first-order chi connectivity index (χ1) is 16.2. The fourth-order valence-electron chi connectivity index (χ4n) is 4.70. The molecule has 1 unspecified atom stereocenters. The van der Waals surface area contributed by atoms with Gasteiger partial charge in [0, 0.05) is 30.2 Å². The lowest BCUT2D eigenvalue weighted by Crippen LogP contribution is -2.44. The van der Waals surface area contributed by atoms with Crippen molar-refractivity contribution >= 4 is 16.6 Å². The number of methoxy groups -OCH3 is 1. The summed E-state index contributed by atoms with van der Waals surface area (Å²) in [6.45, 7) is 2.38. The van der Waals surface area contributed by atoms with Crippen LogP contribution in [0.5, 0.6) is 5.75 Å². The standard InChI is InChI=1S/C24H25F3N6O/c1-3-23(28)11-12-32(14-23)21(24(25,26)27)16-8-10-19-30-31-22(33(19)13-16)17-9-7-15-5-4-6-18(34-2)20(15)29-17/h4-10,13,21H,3,11-12,14,28H2,1-2H3/t21-,23?/m1/s1. The number of nitrogens with zero attached hydrogens (tertiary/aromatic N) is 5. The van der Waals surface area contributed by atoms with E-state index in [0.29, 0.717) is 41.3 Å². The predicted octanol–water partition coefficient (Wildman–Crippen LogP) is 4.37. The number of hydrogen-bond acceptors (Lipinski definition) is 6. The molecule has 5 rings (SSSR count). The monoisotopic (exact) mass is 470 g/mol. The average molecular weight is 470 g/mol. The second-order valence-corrected chi connectivity index (χ2v) is 8.82. The molecular formula is C24H25F3N6O. The van der Waals surface area contributed by atoms with Crippen LogP contribution in [0.2, 0.25) is 0 Å². The summed E-state index contributed by atoms with van der Waals surface area (Å²) in [7, 11) is 1.56. The van der Waals surface area contributed by atoms with Crippen LogP contribution < -0.4 is 10.5 Å². The van der Waals surface area contributed by atoms with Crippen LogP contribution in [0.3, 0.4) is 0 Å². The van der Waals surface area contributed by atoms with Gasteiger partial charge in [-0.2, -0.15) is 13.2 Å². The SMILES string of the molecule is CCC1(N)CCN([C@H](c2ccc3nnc(-c4ccc5cccc(OC)c5n4)n3c2)C(F)(F)F)C1. The molecule has 0 bridgehead atoms. The fourth-order valence-corrected chi connectivity index (χ4v) is 4.70. The number of halogens is 3. The van der Waals surface area contributed by atoms with Gasteiger partial charge >= 0.3 is 6.18 Å². The van der Waals surface area contributed by atoms with E-state index < -0.39 is 17.8 Å². The highest BCUT2D eigenvalue weighted by molar-refractivity contribution is 5.86. The van der Waals surface area contributed by atoms with Crippen LogP contribution in [0, 0.1) is 0 Å². The summed E-state index contributed by atoms with van der Waals surface area (Å²) in [6, 6.07) is 10.5. The molecule has 1 aliphatic heterocycles. The summed E-state index contributed by atoms with van der Waals surface area (Å²) in [5.41, 5.74) is 7.36. The lowest BCUT2D eigenvalue weighted by Gasteiger charge is -2.31. The van der Waals surface area contributed by atoms with Crippen LogP contribution >= 0.6 is 0 Å².